The maximum absolute atomic E-state index is 12.4. The fraction of sp³-hybridized carbons (Fsp3) is 0.500. The number of carbonyl (C=O) groups is 2. The fourth-order valence-electron chi connectivity index (χ4n) is 2.82. The third kappa shape index (κ3) is 3.06. The van der Waals surface area contributed by atoms with Crippen LogP contribution in [0.25, 0.3) is 0 Å². The zero-order valence-electron chi connectivity index (χ0n) is 13.9. The van der Waals surface area contributed by atoms with Crippen LogP contribution in [0.1, 0.15) is 60.2 Å². The SMILES string of the molecule is CCOC(=O)[C@H]1CCc2sc(NC(=O)c3ccnn3C(C)C)nc21. The van der Waals surface area contributed by atoms with Crippen molar-refractivity contribution in [2.45, 2.75) is 45.6 Å². The summed E-state index contributed by atoms with van der Waals surface area (Å²) in [4.78, 5) is 29.9. The van der Waals surface area contributed by atoms with Gasteiger partial charge in [-0.2, -0.15) is 5.10 Å². The standard InChI is InChI=1S/C16H20N4O3S/c1-4-23-15(22)10-5-6-12-13(10)18-16(24-12)19-14(21)11-7-8-17-20(11)9(2)3/h7-10H,4-6H2,1-3H3,(H,18,19,21)/t10-/m0/s1. The molecule has 0 saturated heterocycles. The van der Waals surface area contributed by atoms with Crippen LogP contribution in [0.5, 0.6) is 0 Å². The highest BCUT2D eigenvalue weighted by Gasteiger charge is 2.34. The van der Waals surface area contributed by atoms with E-state index >= 15 is 0 Å². The second-order valence-corrected chi connectivity index (χ2v) is 6.96. The first-order valence-electron chi connectivity index (χ1n) is 8.02. The Kier molecular flexibility index (Phi) is 4.66. The summed E-state index contributed by atoms with van der Waals surface area (Å²) in [6.45, 7) is 6.08. The summed E-state index contributed by atoms with van der Waals surface area (Å²) < 4.78 is 6.77. The van der Waals surface area contributed by atoms with E-state index in [1.165, 1.54) is 11.3 Å². The van der Waals surface area contributed by atoms with Gasteiger partial charge in [-0.05, 0) is 39.7 Å². The van der Waals surface area contributed by atoms with Crippen molar-refractivity contribution in [3.8, 4) is 0 Å². The van der Waals surface area contributed by atoms with E-state index in [9.17, 15) is 9.59 Å². The first kappa shape index (κ1) is 16.6. The Morgan fingerprint density at radius 3 is 3.00 bits per heavy atom. The number of nitrogens with zero attached hydrogens (tertiary/aromatic N) is 3. The number of anilines is 1. The molecule has 1 aliphatic carbocycles. The van der Waals surface area contributed by atoms with Crippen molar-refractivity contribution in [1.29, 1.82) is 0 Å². The Morgan fingerprint density at radius 1 is 1.50 bits per heavy atom. The lowest BCUT2D eigenvalue weighted by Crippen LogP contribution is -2.19. The zero-order valence-corrected chi connectivity index (χ0v) is 14.7. The van der Waals surface area contributed by atoms with Crippen molar-refractivity contribution in [3.63, 3.8) is 0 Å². The number of hydrogen-bond donors (Lipinski definition) is 1. The van der Waals surface area contributed by atoms with E-state index < -0.39 is 0 Å². The number of nitrogens with one attached hydrogen (secondary N) is 1. The Labute approximate surface area is 144 Å². The van der Waals surface area contributed by atoms with Gasteiger partial charge in [-0.25, -0.2) is 4.98 Å². The first-order chi connectivity index (χ1) is 11.5. The molecule has 0 aliphatic heterocycles. The molecule has 24 heavy (non-hydrogen) atoms. The number of esters is 1. The second-order valence-electron chi connectivity index (χ2n) is 5.88. The van der Waals surface area contributed by atoms with E-state index in [1.54, 1.807) is 23.9 Å². The van der Waals surface area contributed by atoms with Crippen molar-refractivity contribution in [3.05, 3.63) is 28.5 Å². The van der Waals surface area contributed by atoms with Crippen LogP contribution in [0.2, 0.25) is 0 Å². The van der Waals surface area contributed by atoms with E-state index in [4.69, 9.17) is 4.74 Å². The van der Waals surface area contributed by atoms with E-state index in [2.05, 4.69) is 15.4 Å². The van der Waals surface area contributed by atoms with Gasteiger partial charge in [0.05, 0.1) is 12.3 Å². The molecule has 2 aromatic heterocycles. The van der Waals surface area contributed by atoms with E-state index in [0.717, 1.165) is 23.4 Å². The van der Waals surface area contributed by atoms with Crippen LogP contribution in [-0.2, 0) is 16.0 Å². The second kappa shape index (κ2) is 6.72. The van der Waals surface area contributed by atoms with Crippen molar-refractivity contribution >= 4 is 28.3 Å². The monoisotopic (exact) mass is 348 g/mol. The lowest BCUT2D eigenvalue weighted by atomic mass is 10.1. The summed E-state index contributed by atoms with van der Waals surface area (Å²) in [5.74, 6) is -0.804. The van der Waals surface area contributed by atoms with Crippen molar-refractivity contribution in [2.75, 3.05) is 11.9 Å². The molecular weight excluding hydrogens is 328 g/mol. The minimum atomic E-state index is -0.317. The number of carbonyl (C=O) groups excluding carboxylic acids is 2. The third-order valence-corrected chi connectivity index (χ3v) is 4.95. The Bertz CT molecular complexity index is 765. The smallest absolute Gasteiger partial charge is 0.315 e. The molecule has 2 aromatic rings. The number of rotatable bonds is 5. The molecule has 0 unspecified atom stereocenters. The highest BCUT2D eigenvalue weighted by Crippen LogP contribution is 2.39. The van der Waals surface area contributed by atoms with Gasteiger partial charge in [-0.15, -0.1) is 11.3 Å². The topological polar surface area (TPSA) is 86.1 Å². The highest BCUT2D eigenvalue weighted by molar-refractivity contribution is 7.16. The molecule has 2 heterocycles. The Hall–Kier alpha value is -2.22. The molecule has 0 spiro atoms. The summed E-state index contributed by atoms with van der Waals surface area (Å²) in [7, 11) is 0. The normalized spacial score (nSPS) is 16.2. The van der Waals surface area contributed by atoms with Gasteiger partial charge in [0.25, 0.3) is 5.91 Å². The molecule has 1 amide bonds. The van der Waals surface area contributed by atoms with Gasteiger partial charge >= 0.3 is 5.97 Å². The minimum absolute atomic E-state index is 0.0928. The number of aryl methyl sites for hydroxylation is 1. The minimum Gasteiger partial charge on any atom is -0.465 e. The molecule has 3 rings (SSSR count). The van der Waals surface area contributed by atoms with Gasteiger partial charge in [0, 0.05) is 17.1 Å². The summed E-state index contributed by atoms with van der Waals surface area (Å²) in [5.41, 5.74) is 1.23. The predicted molar refractivity (Wildman–Crippen MR) is 90.4 cm³/mol. The van der Waals surface area contributed by atoms with Crippen LogP contribution in [0.3, 0.4) is 0 Å². The lowest BCUT2D eigenvalue weighted by Gasteiger charge is -2.10. The van der Waals surface area contributed by atoms with Gasteiger partial charge in [0.15, 0.2) is 5.13 Å². The average molecular weight is 348 g/mol. The average Bonchev–Trinajstić information content (AvgIpc) is 3.21. The molecular formula is C16H20N4O3S. The molecule has 0 bridgehead atoms. The molecule has 1 N–H and O–H groups in total. The van der Waals surface area contributed by atoms with Gasteiger partial charge in [-0.3, -0.25) is 19.6 Å². The zero-order chi connectivity index (χ0) is 17.3. The molecule has 128 valence electrons. The summed E-state index contributed by atoms with van der Waals surface area (Å²) in [5, 5.41) is 7.49. The largest absolute Gasteiger partial charge is 0.465 e. The van der Waals surface area contributed by atoms with Gasteiger partial charge in [-0.1, -0.05) is 0 Å². The quantitative estimate of drug-likeness (QED) is 0.840. The van der Waals surface area contributed by atoms with E-state index in [1.807, 2.05) is 13.8 Å². The Morgan fingerprint density at radius 2 is 2.29 bits per heavy atom. The predicted octanol–water partition coefficient (Wildman–Crippen LogP) is 2.77. The summed E-state index contributed by atoms with van der Waals surface area (Å²) in [6.07, 6.45) is 3.12. The van der Waals surface area contributed by atoms with Gasteiger partial charge < -0.3 is 4.74 Å². The summed E-state index contributed by atoms with van der Waals surface area (Å²) >= 11 is 1.42. The molecule has 0 fully saturated rings. The lowest BCUT2D eigenvalue weighted by molar-refractivity contribution is -0.145. The van der Waals surface area contributed by atoms with E-state index in [-0.39, 0.29) is 23.8 Å². The van der Waals surface area contributed by atoms with Crippen molar-refractivity contribution < 1.29 is 14.3 Å². The van der Waals surface area contributed by atoms with Crippen molar-refractivity contribution in [1.82, 2.24) is 14.8 Å². The molecule has 7 nitrogen and oxygen atoms in total. The Balaban J connectivity index is 1.76. The van der Waals surface area contributed by atoms with Crippen LogP contribution >= 0.6 is 11.3 Å². The van der Waals surface area contributed by atoms with Crippen LogP contribution in [0.15, 0.2) is 12.3 Å². The fourth-order valence-corrected chi connectivity index (χ4v) is 3.85. The maximum Gasteiger partial charge on any atom is 0.315 e. The number of ether oxygens (including phenoxy) is 1. The third-order valence-electron chi connectivity index (χ3n) is 3.90. The van der Waals surface area contributed by atoms with Crippen LogP contribution in [0, 0.1) is 0 Å². The molecule has 8 heteroatoms. The van der Waals surface area contributed by atoms with Gasteiger partial charge in [0.1, 0.15) is 11.6 Å². The van der Waals surface area contributed by atoms with E-state index in [0.29, 0.717) is 17.4 Å². The molecule has 1 aliphatic rings. The molecule has 0 aromatic carbocycles. The first-order valence-corrected chi connectivity index (χ1v) is 8.84. The number of thiazole rings is 1. The molecule has 0 radical (unpaired) electrons. The summed E-state index contributed by atoms with van der Waals surface area (Å²) in [6, 6.07) is 1.77. The van der Waals surface area contributed by atoms with Crippen LogP contribution in [-0.4, -0.2) is 33.2 Å². The maximum atomic E-state index is 12.4. The van der Waals surface area contributed by atoms with Crippen molar-refractivity contribution in [2.24, 2.45) is 0 Å². The molecule has 1 atom stereocenters. The molecule has 0 saturated carbocycles. The number of fused-ring (bicyclic) bond motifs is 1. The van der Waals surface area contributed by atoms with Gasteiger partial charge in [0.2, 0.25) is 0 Å². The number of aromatic nitrogens is 3. The highest BCUT2D eigenvalue weighted by atomic mass is 32.1. The van der Waals surface area contributed by atoms with Crippen LogP contribution in [0.4, 0.5) is 5.13 Å². The number of hydrogen-bond acceptors (Lipinski definition) is 6. The number of amides is 1. The van der Waals surface area contributed by atoms with Crippen LogP contribution < -0.4 is 5.32 Å².